The van der Waals surface area contributed by atoms with Crippen LogP contribution < -0.4 is 0 Å². The molecule has 1 aromatic rings. The molecule has 0 aliphatic rings. The molecule has 4 heteroatoms. The van der Waals surface area contributed by atoms with Gasteiger partial charge in [-0.15, -0.1) is 0 Å². The molecule has 1 N–H and O–H groups in total. The Morgan fingerprint density at radius 3 is 2.86 bits per heavy atom. The number of hydrogen-bond acceptors (Lipinski definition) is 2. The Labute approximate surface area is 81.8 Å². The summed E-state index contributed by atoms with van der Waals surface area (Å²) in [6.07, 6.45) is 0.702. The maximum Gasteiger partial charge on any atom is 0.335 e. The van der Waals surface area contributed by atoms with Gasteiger partial charge in [-0.2, -0.15) is 0 Å². The van der Waals surface area contributed by atoms with Crippen LogP contribution in [0.25, 0.3) is 0 Å². The first-order valence-corrected chi connectivity index (χ1v) is 4.11. The van der Waals surface area contributed by atoms with E-state index in [0.717, 1.165) is 5.56 Å². The van der Waals surface area contributed by atoms with Crippen LogP contribution in [-0.4, -0.2) is 29.4 Å². The Morgan fingerprint density at radius 1 is 1.57 bits per heavy atom. The number of benzene rings is 1. The maximum absolute atomic E-state index is 10.6. The van der Waals surface area contributed by atoms with E-state index >= 15 is 0 Å². The Kier molecular flexibility index (Phi) is 3.23. The molecule has 0 heterocycles. The van der Waals surface area contributed by atoms with Gasteiger partial charge in [-0.05, 0) is 17.7 Å². The highest BCUT2D eigenvalue weighted by Gasteiger charge is 2.03. The number of carboxylic acids is 1. The van der Waals surface area contributed by atoms with E-state index in [0.29, 0.717) is 13.0 Å². The van der Waals surface area contributed by atoms with Gasteiger partial charge in [0.05, 0.1) is 5.56 Å². The van der Waals surface area contributed by atoms with Crippen molar-refractivity contribution in [3.8, 4) is 0 Å². The van der Waals surface area contributed by atoms with Crippen molar-refractivity contribution in [2.75, 3.05) is 7.05 Å². The van der Waals surface area contributed by atoms with Gasteiger partial charge in [0, 0.05) is 13.6 Å². The first-order valence-electron chi connectivity index (χ1n) is 4.11. The van der Waals surface area contributed by atoms with Crippen molar-refractivity contribution in [3.63, 3.8) is 0 Å². The molecule has 1 aromatic carbocycles. The highest BCUT2D eigenvalue weighted by Crippen LogP contribution is 2.06. The average Bonchev–Trinajstić information content (AvgIpc) is 2.18. The molecule has 1 amide bonds. The Morgan fingerprint density at radius 2 is 2.29 bits per heavy atom. The summed E-state index contributed by atoms with van der Waals surface area (Å²) in [5, 5.41) is 8.72. The smallest absolute Gasteiger partial charge is 0.335 e. The normalized spacial score (nSPS) is 9.50. The van der Waals surface area contributed by atoms with Gasteiger partial charge in [-0.25, -0.2) is 4.79 Å². The molecule has 0 aliphatic heterocycles. The number of carboxylic acid groups (broad SMARTS) is 1. The van der Waals surface area contributed by atoms with Crippen molar-refractivity contribution in [1.29, 1.82) is 0 Å². The summed E-state index contributed by atoms with van der Waals surface area (Å²) in [5.74, 6) is -0.958. The SMILES string of the molecule is CN(C=O)Cc1cccc(C(=O)O)c1. The molecule has 0 saturated carbocycles. The van der Waals surface area contributed by atoms with Gasteiger partial charge in [0.25, 0.3) is 0 Å². The third-order valence-corrected chi connectivity index (χ3v) is 1.79. The fourth-order valence-electron chi connectivity index (χ4n) is 1.13. The highest BCUT2D eigenvalue weighted by molar-refractivity contribution is 5.87. The van der Waals surface area contributed by atoms with Crippen molar-refractivity contribution in [2.45, 2.75) is 6.54 Å². The van der Waals surface area contributed by atoms with E-state index in [9.17, 15) is 9.59 Å². The second kappa shape index (κ2) is 4.41. The Balaban J connectivity index is 2.83. The van der Waals surface area contributed by atoms with Crippen LogP contribution in [0.4, 0.5) is 0 Å². The number of carbonyl (C=O) groups is 2. The van der Waals surface area contributed by atoms with Crippen LogP contribution in [-0.2, 0) is 11.3 Å². The number of rotatable bonds is 4. The monoisotopic (exact) mass is 193 g/mol. The summed E-state index contributed by atoms with van der Waals surface area (Å²) in [7, 11) is 1.64. The van der Waals surface area contributed by atoms with Crippen LogP contribution in [0.3, 0.4) is 0 Å². The zero-order valence-corrected chi connectivity index (χ0v) is 7.80. The van der Waals surface area contributed by atoms with E-state index in [-0.39, 0.29) is 5.56 Å². The number of carbonyl (C=O) groups excluding carboxylic acids is 1. The molecular formula is C10H11NO3. The first-order chi connectivity index (χ1) is 6.63. The summed E-state index contributed by atoms with van der Waals surface area (Å²) in [6, 6.07) is 6.53. The number of hydrogen-bond donors (Lipinski definition) is 1. The van der Waals surface area contributed by atoms with Crippen LogP contribution in [0.2, 0.25) is 0 Å². The Hall–Kier alpha value is -1.84. The molecule has 0 radical (unpaired) electrons. The van der Waals surface area contributed by atoms with E-state index in [1.165, 1.54) is 11.0 Å². The topological polar surface area (TPSA) is 57.6 Å². The van der Waals surface area contributed by atoms with Crippen molar-refractivity contribution in [3.05, 3.63) is 35.4 Å². The summed E-state index contributed by atoms with van der Waals surface area (Å²) >= 11 is 0. The lowest BCUT2D eigenvalue weighted by Gasteiger charge is -2.10. The molecule has 0 spiro atoms. The molecule has 0 aliphatic carbocycles. The predicted octanol–water partition coefficient (Wildman–Crippen LogP) is 0.973. The average molecular weight is 193 g/mol. The second-order valence-corrected chi connectivity index (χ2v) is 3.03. The summed E-state index contributed by atoms with van der Waals surface area (Å²) in [6.45, 7) is 0.421. The summed E-state index contributed by atoms with van der Waals surface area (Å²) in [4.78, 5) is 22.4. The van der Waals surface area contributed by atoms with Crippen LogP contribution in [0.5, 0.6) is 0 Å². The molecule has 0 bridgehead atoms. The third kappa shape index (κ3) is 2.58. The van der Waals surface area contributed by atoms with Crippen molar-refractivity contribution in [1.82, 2.24) is 4.90 Å². The second-order valence-electron chi connectivity index (χ2n) is 3.03. The molecule has 74 valence electrons. The zero-order chi connectivity index (χ0) is 10.6. The van der Waals surface area contributed by atoms with Crippen LogP contribution >= 0.6 is 0 Å². The molecule has 0 unspecified atom stereocenters. The third-order valence-electron chi connectivity index (χ3n) is 1.79. The van der Waals surface area contributed by atoms with Crippen LogP contribution in [0.1, 0.15) is 15.9 Å². The molecule has 0 saturated heterocycles. The lowest BCUT2D eigenvalue weighted by atomic mass is 10.1. The van der Waals surface area contributed by atoms with E-state index in [2.05, 4.69) is 0 Å². The van der Waals surface area contributed by atoms with E-state index in [1.54, 1.807) is 25.2 Å². The van der Waals surface area contributed by atoms with Crippen LogP contribution in [0.15, 0.2) is 24.3 Å². The number of aromatic carboxylic acids is 1. The minimum absolute atomic E-state index is 0.238. The number of amides is 1. The minimum atomic E-state index is -0.958. The predicted molar refractivity (Wildman–Crippen MR) is 50.9 cm³/mol. The van der Waals surface area contributed by atoms with Crippen molar-refractivity contribution >= 4 is 12.4 Å². The Bertz CT molecular complexity index is 349. The van der Waals surface area contributed by atoms with E-state index in [1.807, 2.05) is 0 Å². The number of nitrogens with zero attached hydrogens (tertiary/aromatic N) is 1. The maximum atomic E-state index is 10.6. The van der Waals surface area contributed by atoms with Gasteiger partial charge in [0.2, 0.25) is 6.41 Å². The standard InChI is InChI=1S/C10H11NO3/c1-11(7-12)6-8-3-2-4-9(5-8)10(13)14/h2-5,7H,6H2,1H3,(H,13,14). The van der Waals surface area contributed by atoms with E-state index in [4.69, 9.17) is 5.11 Å². The lowest BCUT2D eigenvalue weighted by molar-refractivity contribution is -0.117. The molecule has 1 rings (SSSR count). The summed E-state index contributed by atoms with van der Waals surface area (Å²) < 4.78 is 0. The van der Waals surface area contributed by atoms with Gasteiger partial charge < -0.3 is 10.0 Å². The fourth-order valence-corrected chi connectivity index (χ4v) is 1.13. The zero-order valence-electron chi connectivity index (χ0n) is 7.80. The van der Waals surface area contributed by atoms with Crippen molar-refractivity contribution < 1.29 is 14.7 Å². The fraction of sp³-hybridized carbons (Fsp3) is 0.200. The quantitative estimate of drug-likeness (QED) is 0.725. The van der Waals surface area contributed by atoms with E-state index < -0.39 is 5.97 Å². The molecule has 4 nitrogen and oxygen atoms in total. The molecule has 0 fully saturated rings. The molecule has 14 heavy (non-hydrogen) atoms. The van der Waals surface area contributed by atoms with Gasteiger partial charge in [-0.1, -0.05) is 12.1 Å². The van der Waals surface area contributed by atoms with Gasteiger partial charge in [0.15, 0.2) is 0 Å². The first kappa shape index (κ1) is 10.2. The van der Waals surface area contributed by atoms with Gasteiger partial charge in [-0.3, -0.25) is 4.79 Å². The molecular weight excluding hydrogens is 182 g/mol. The van der Waals surface area contributed by atoms with Gasteiger partial charge in [0.1, 0.15) is 0 Å². The molecule has 0 atom stereocenters. The van der Waals surface area contributed by atoms with Crippen molar-refractivity contribution in [2.24, 2.45) is 0 Å². The highest BCUT2D eigenvalue weighted by atomic mass is 16.4. The molecule has 0 aromatic heterocycles. The lowest BCUT2D eigenvalue weighted by Crippen LogP contribution is -2.15. The minimum Gasteiger partial charge on any atom is -0.478 e. The summed E-state index contributed by atoms with van der Waals surface area (Å²) in [5.41, 5.74) is 1.04. The van der Waals surface area contributed by atoms with Gasteiger partial charge >= 0.3 is 5.97 Å². The largest absolute Gasteiger partial charge is 0.478 e. The van der Waals surface area contributed by atoms with Crippen LogP contribution in [0, 0.1) is 0 Å².